The SMILES string of the molecule is CC1=C(C)C[C@H]2C(=O)OC[C@H]2C1. The zero-order chi connectivity index (χ0) is 8.72. The number of hydrogen-bond acceptors (Lipinski definition) is 2. The van der Waals surface area contributed by atoms with Crippen molar-refractivity contribution in [3.05, 3.63) is 11.1 Å². The first kappa shape index (κ1) is 7.84. The Labute approximate surface area is 72.6 Å². The van der Waals surface area contributed by atoms with E-state index in [9.17, 15) is 4.79 Å². The van der Waals surface area contributed by atoms with Crippen LogP contribution < -0.4 is 0 Å². The maximum atomic E-state index is 11.2. The van der Waals surface area contributed by atoms with E-state index in [1.165, 1.54) is 11.1 Å². The Hall–Kier alpha value is -0.790. The molecule has 1 saturated heterocycles. The summed E-state index contributed by atoms with van der Waals surface area (Å²) in [5, 5.41) is 0. The van der Waals surface area contributed by atoms with Gasteiger partial charge in [0.15, 0.2) is 0 Å². The number of fused-ring (bicyclic) bond motifs is 1. The summed E-state index contributed by atoms with van der Waals surface area (Å²) < 4.78 is 5.03. The minimum Gasteiger partial charge on any atom is -0.465 e. The fourth-order valence-electron chi connectivity index (χ4n) is 2.13. The molecule has 2 atom stereocenters. The molecule has 0 bridgehead atoms. The first-order chi connectivity index (χ1) is 5.68. The molecular weight excluding hydrogens is 152 g/mol. The zero-order valence-corrected chi connectivity index (χ0v) is 7.59. The summed E-state index contributed by atoms with van der Waals surface area (Å²) in [5.74, 6) is 0.668. The van der Waals surface area contributed by atoms with Crippen molar-refractivity contribution >= 4 is 5.97 Å². The first-order valence-corrected chi connectivity index (χ1v) is 4.50. The molecule has 0 aromatic carbocycles. The van der Waals surface area contributed by atoms with Crippen LogP contribution >= 0.6 is 0 Å². The fourth-order valence-corrected chi connectivity index (χ4v) is 2.13. The molecule has 1 aliphatic heterocycles. The lowest BCUT2D eigenvalue weighted by Crippen LogP contribution is -2.21. The van der Waals surface area contributed by atoms with Crippen LogP contribution in [0.25, 0.3) is 0 Å². The predicted octanol–water partition coefficient (Wildman–Crippen LogP) is 1.91. The molecule has 2 heteroatoms. The molecular formula is C10H14O2. The Balaban J connectivity index is 2.22. The second-order valence-electron chi connectivity index (χ2n) is 3.97. The van der Waals surface area contributed by atoms with Crippen molar-refractivity contribution in [2.75, 3.05) is 6.61 Å². The second kappa shape index (κ2) is 2.61. The Morgan fingerprint density at radius 2 is 1.92 bits per heavy atom. The fraction of sp³-hybridized carbons (Fsp3) is 0.700. The number of hydrogen-bond donors (Lipinski definition) is 0. The quantitative estimate of drug-likeness (QED) is 0.406. The first-order valence-electron chi connectivity index (χ1n) is 4.50. The van der Waals surface area contributed by atoms with Crippen molar-refractivity contribution in [3.8, 4) is 0 Å². The summed E-state index contributed by atoms with van der Waals surface area (Å²) in [6.07, 6.45) is 1.98. The van der Waals surface area contributed by atoms with E-state index in [4.69, 9.17) is 4.74 Å². The Kier molecular flexibility index (Phi) is 1.71. The molecule has 66 valence electrons. The van der Waals surface area contributed by atoms with E-state index in [0.29, 0.717) is 12.5 Å². The lowest BCUT2D eigenvalue weighted by Gasteiger charge is -2.23. The van der Waals surface area contributed by atoms with Crippen molar-refractivity contribution in [3.63, 3.8) is 0 Å². The molecule has 0 radical (unpaired) electrons. The van der Waals surface area contributed by atoms with Gasteiger partial charge in [0.2, 0.25) is 0 Å². The lowest BCUT2D eigenvalue weighted by atomic mass is 9.78. The molecule has 2 nitrogen and oxygen atoms in total. The van der Waals surface area contributed by atoms with Gasteiger partial charge in [-0.05, 0) is 26.7 Å². The van der Waals surface area contributed by atoms with E-state index in [0.717, 1.165) is 12.8 Å². The average molecular weight is 166 g/mol. The standard InChI is InChI=1S/C10H14O2/c1-6-3-8-5-12-10(11)9(8)4-7(6)2/h8-9H,3-5H2,1-2H3/t8-,9-/m1/s1. The van der Waals surface area contributed by atoms with Crippen LogP contribution in [0.4, 0.5) is 0 Å². The van der Waals surface area contributed by atoms with Crippen LogP contribution in [0.2, 0.25) is 0 Å². The Morgan fingerprint density at radius 3 is 2.67 bits per heavy atom. The van der Waals surface area contributed by atoms with Crippen LogP contribution in [-0.4, -0.2) is 12.6 Å². The number of carbonyl (C=O) groups is 1. The number of esters is 1. The molecule has 2 aliphatic rings. The second-order valence-corrected chi connectivity index (χ2v) is 3.97. The molecule has 1 fully saturated rings. The largest absolute Gasteiger partial charge is 0.465 e. The van der Waals surface area contributed by atoms with Crippen LogP contribution in [0.5, 0.6) is 0 Å². The van der Waals surface area contributed by atoms with E-state index < -0.39 is 0 Å². The monoisotopic (exact) mass is 166 g/mol. The molecule has 0 spiro atoms. The summed E-state index contributed by atoms with van der Waals surface area (Å²) in [7, 11) is 0. The third-order valence-corrected chi connectivity index (χ3v) is 3.13. The molecule has 0 N–H and O–H groups in total. The van der Waals surface area contributed by atoms with Gasteiger partial charge in [-0.15, -0.1) is 0 Å². The van der Waals surface area contributed by atoms with Gasteiger partial charge in [0.25, 0.3) is 0 Å². The molecule has 1 aliphatic carbocycles. The van der Waals surface area contributed by atoms with Crippen molar-refractivity contribution < 1.29 is 9.53 Å². The number of cyclic esters (lactones) is 1. The highest BCUT2D eigenvalue weighted by atomic mass is 16.5. The van der Waals surface area contributed by atoms with E-state index >= 15 is 0 Å². The minimum atomic E-state index is 0.0202. The van der Waals surface area contributed by atoms with Crippen LogP contribution in [0, 0.1) is 11.8 Å². The lowest BCUT2D eigenvalue weighted by molar-refractivity contribution is -0.141. The topological polar surface area (TPSA) is 26.3 Å². The number of carbonyl (C=O) groups excluding carboxylic acids is 1. The normalized spacial score (nSPS) is 35.0. The molecule has 0 unspecified atom stereocenters. The molecule has 1 heterocycles. The van der Waals surface area contributed by atoms with Gasteiger partial charge in [0.05, 0.1) is 12.5 Å². The molecule has 0 amide bonds. The summed E-state index contributed by atoms with van der Waals surface area (Å²) in [6, 6.07) is 0. The van der Waals surface area contributed by atoms with Crippen LogP contribution in [0.3, 0.4) is 0 Å². The molecule has 12 heavy (non-hydrogen) atoms. The highest BCUT2D eigenvalue weighted by Gasteiger charge is 2.39. The predicted molar refractivity (Wildman–Crippen MR) is 45.5 cm³/mol. The summed E-state index contributed by atoms with van der Waals surface area (Å²) in [6.45, 7) is 4.93. The van der Waals surface area contributed by atoms with Gasteiger partial charge in [-0.3, -0.25) is 4.79 Å². The van der Waals surface area contributed by atoms with Gasteiger partial charge in [-0.2, -0.15) is 0 Å². The van der Waals surface area contributed by atoms with Crippen LogP contribution in [-0.2, 0) is 9.53 Å². The maximum absolute atomic E-state index is 11.2. The van der Waals surface area contributed by atoms with Crippen LogP contribution in [0.1, 0.15) is 26.7 Å². The highest BCUT2D eigenvalue weighted by molar-refractivity contribution is 5.75. The zero-order valence-electron chi connectivity index (χ0n) is 7.59. The Morgan fingerprint density at radius 1 is 1.25 bits per heavy atom. The number of allylic oxidation sites excluding steroid dienone is 2. The van der Waals surface area contributed by atoms with E-state index in [-0.39, 0.29) is 11.9 Å². The molecule has 0 aromatic rings. The third kappa shape index (κ3) is 1.06. The van der Waals surface area contributed by atoms with E-state index in [2.05, 4.69) is 13.8 Å². The van der Waals surface area contributed by atoms with Gasteiger partial charge in [0.1, 0.15) is 0 Å². The molecule has 0 aromatic heterocycles. The third-order valence-electron chi connectivity index (χ3n) is 3.13. The van der Waals surface area contributed by atoms with E-state index in [1.807, 2.05) is 0 Å². The Bertz CT molecular complexity index is 253. The van der Waals surface area contributed by atoms with Gasteiger partial charge in [-0.25, -0.2) is 0 Å². The summed E-state index contributed by atoms with van der Waals surface area (Å²) in [5.41, 5.74) is 2.84. The summed E-state index contributed by atoms with van der Waals surface area (Å²) in [4.78, 5) is 11.2. The van der Waals surface area contributed by atoms with Gasteiger partial charge < -0.3 is 4.74 Å². The van der Waals surface area contributed by atoms with Crippen LogP contribution in [0.15, 0.2) is 11.1 Å². The molecule has 2 rings (SSSR count). The summed E-state index contributed by atoms with van der Waals surface area (Å²) >= 11 is 0. The van der Waals surface area contributed by atoms with E-state index in [1.54, 1.807) is 0 Å². The number of rotatable bonds is 0. The van der Waals surface area contributed by atoms with Crippen molar-refractivity contribution in [1.29, 1.82) is 0 Å². The van der Waals surface area contributed by atoms with Crippen molar-refractivity contribution in [2.24, 2.45) is 11.8 Å². The van der Waals surface area contributed by atoms with Crippen molar-refractivity contribution in [1.82, 2.24) is 0 Å². The van der Waals surface area contributed by atoms with Gasteiger partial charge in [-0.1, -0.05) is 11.1 Å². The maximum Gasteiger partial charge on any atom is 0.309 e. The van der Waals surface area contributed by atoms with Gasteiger partial charge >= 0.3 is 5.97 Å². The average Bonchev–Trinajstić information content (AvgIpc) is 2.35. The molecule has 0 saturated carbocycles. The van der Waals surface area contributed by atoms with Gasteiger partial charge in [0, 0.05) is 5.92 Å². The number of ether oxygens (including phenoxy) is 1. The minimum absolute atomic E-state index is 0.0202. The highest BCUT2D eigenvalue weighted by Crippen LogP contribution is 2.38. The van der Waals surface area contributed by atoms with Crippen molar-refractivity contribution in [2.45, 2.75) is 26.7 Å². The smallest absolute Gasteiger partial charge is 0.309 e.